The van der Waals surface area contributed by atoms with Crippen molar-refractivity contribution in [3.63, 3.8) is 0 Å². The van der Waals surface area contributed by atoms with Crippen LogP contribution in [-0.4, -0.2) is 205 Å². The molecule has 0 bridgehead atoms. The molecule has 18 unspecified atom stereocenters. The van der Waals surface area contributed by atoms with Crippen molar-refractivity contribution in [3.8, 4) is 0 Å². The van der Waals surface area contributed by atoms with Crippen molar-refractivity contribution in [2.24, 2.45) is 0 Å². The molecule has 2 aliphatic heterocycles. The predicted molar refractivity (Wildman–Crippen MR) is 453 cm³/mol. The summed E-state index contributed by atoms with van der Waals surface area (Å²) in [5.74, 6) is -3.00. The van der Waals surface area contributed by atoms with Crippen molar-refractivity contribution in [1.29, 1.82) is 0 Å². The van der Waals surface area contributed by atoms with E-state index < -0.39 is 162 Å². The van der Waals surface area contributed by atoms with Crippen LogP contribution in [0, 0.1) is 0 Å². The predicted octanol–water partition coefficient (Wildman–Crippen LogP) is 17.3. The van der Waals surface area contributed by atoms with Gasteiger partial charge in [0.15, 0.2) is 24.8 Å². The minimum Gasteiger partial charge on any atom is -0.463 e. The fourth-order valence-electron chi connectivity index (χ4n) is 15.4. The summed E-state index contributed by atoms with van der Waals surface area (Å²) in [5, 5.41) is 102. The molecular weight excluding hydrogens is 1520 g/mol. The molecule has 686 valence electrons. The van der Waals surface area contributed by atoms with Crippen molar-refractivity contribution in [3.05, 3.63) is 24.3 Å². The number of aliphatic hydroxyl groups excluding tert-OH is 9. The van der Waals surface area contributed by atoms with Gasteiger partial charge in [-0.25, -0.2) is 4.57 Å². The molecule has 18 atom stereocenters. The van der Waals surface area contributed by atoms with E-state index >= 15 is 0 Å². The Morgan fingerprint density at radius 3 is 1.03 bits per heavy atom. The summed E-state index contributed by atoms with van der Waals surface area (Å²) in [7, 11) is -5.81. The smallest absolute Gasteiger partial charge is 0.463 e. The van der Waals surface area contributed by atoms with Crippen molar-refractivity contribution in [2.75, 3.05) is 26.4 Å². The van der Waals surface area contributed by atoms with E-state index in [0.717, 1.165) is 116 Å². The van der Waals surface area contributed by atoms with Crippen LogP contribution in [0.2, 0.25) is 0 Å². The zero-order chi connectivity index (χ0) is 85.4. The van der Waals surface area contributed by atoms with Crippen LogP contribution < -0.4 is 0 Å². The highest BCUT2D eigenvalue weighted by Crippen LogP contribution is 2.49. The van der Waals surface area contributed by atoms with Crippen LogP contribution >= 0.6 is 7.82 Å². The van der Waals surface area contributed by atoms with E-state index in [1.807, 2.05) is 0 Å². The molecule has 0 spiro atoms. The number of aliphatic hydroxyl groups is 9. The van der Waals surface area contributed by atoms with E-state index in [2.05, 4.69) is 52.0 Å². The maximum atomic E-state index is 14.9. The van der Waals surface area contributed by atoms with E-state index in [0.29, 0.717) is 38.5 Å². The van der Waals surface area contributed by atoms with Crippen molar-refractivity contribution in [1.82, 2.24) is 0 Å². The van der Waals surface area contributed by atoms with Gasteiger partial charge in [-0.2, -0.15) is 0 Å². The molecule has 0 amide bonds. The first-order valence-corrected chi connectivity index (χ1v) is 48.6. The number of phosphoric ester groups is 1. The molecule has 26 heteroatoms. The van der Waals surface area contributed by atoms with Crippen LogP contribution in [0.3, 0.4) is 0 Å². The number of esters is 4. The van der Waals surface area contributed by atoms with Gasteiger partial charge in [0.1, 0.15) is 92.6 Å². The van der Waals surface area contributed by atoms with Crippen LogP contribution in [0.4, 0.5) is 0 Å². The Morgan fingerprint density at radius 1 is 0.333 bits per heavy atom. The maximum Gasteiger partial charge on any atom is 0.472 e. The van der Waals surface area contributed by atoms with Crippen LogP contribution in [0.5, 0.6) is 0 Å². The molecule has 3 aliphatic rings. The molecule has 3 rings (SSSR count). The molecule has 117 heavy (non-hydrogen) atoms. The van der Waals surface area contributed by atoms with Crippen LogP contribution in [0.25, 0.3) is 0 Å². The van der Waals surface area contributed by atoms with Gasteiger partial charge in [0.05, 0.1) is 13.2 Å². The first-order valence-electron chi connectivity index (χ1n) is 47.1. The summed E-state index contributed by atoms with van der Waals surface area (Å²) >= 11 is 0. The Balaban J connectivity index is 1.91. The maximum absolute atomic E-state index is 14.9. The zero-order valence-electron chi connectivity index (χ0n) is 73.0. The van der Waals surface area contributed by atoms with Gasteiger partial charge in [0.25, 0.3) is 0 Å². The highest BCUT2D eigenvalue weighted by Gasteiger charge is 2.60. The highest BCUT2D eigenvalue weighted by molar-refractivity contribution is 7.47. The number of ether oxygens (including phenoxy) is 8. The lowest BCUT2D eigenvalue weighted by atomic mass is 9.84. The minimum absolute atomic E-state index is 0.0157. The summed E-state index contributed by atoms with van der Waals surface area (Å²) in [6.07, 6.45) is 30.4. The van der Waals surface area contributed by atoms with Gasteiger partial charge >= 0.3 is 31.7 Å². The standard InChI is InChI=1S/C91H167O25P/c1-5-9-13-17-21-25-29-33-35-37-41-43-47-51-55-59-63-74(93)107-68-71(110-76(95)65-61-57-53-49-45-39-31-27-23-19-15-11-7-3)69-109-117(105,106)116-89-87(114-90-84(103)80(99)78(97)72(67-92)111-90)83(102)82(101)86(113-77(96)66-62-58-54-50-46-40-32-28-24-20-16-12-8-4)88(89)115-91-85(104)81(100)79(98)73(112-91)70-108-75(94)64-60-56-52-48-44-42-38-36-34-30-26-22-18-14-10-6-2/h39-40,45-46,71-73,78-92,97-104H,5-38,41-44,47-70H2,1-4H3,(H,105,106)/b45-39-,46-40-. The second kappa shape index (κ2) is 70.3. The SMILES string of the molecule is CCCCCCCC/C=C\CCCCCC(=O)OC(COC(=O)CCCCCCCCCCCCCCCCCC)COP(=O)(O)OC1C(OC2OC(CO)C(O)C(O)C2O)C(O)C(O)C(OC(=O)CCCCC/C=C\CCCCCCCC)C1OC1OC(COC(=O)CCCCCCCCCCCCCCCCCC)C(O)C(O)C1O. The summed E-state index contributed by atoms with van der Waals surface area (Å²) in [4.78, 5) is 66.4. The monoisotopic (exact) mass is 1690 g/mol. The van der Waals surface area contributed by atoms with Gasteiger partial charge in [0.2, 0.25) is 0 Å². The molecule has 10 N–H and O–H groups in total. The third kappa shape index (κ3) is 50.5. The molecule has 2 heterocycles. The molecule has 2 saturated heterocycles. The lowest BCUT2D eigenvalue weighted by Crippen LogP contribution is -2.70. The van der Waals surface area contributed by atoms with Crippen LogP contribution in [-0.2, 0) is 70.7 Å². The van der Waals surface area contributed by atoms with Gasteiger partial charge in [-0.3, -0.25) is 28.2 Å². The number of hydrogen-bond acceptors (Lipinski definition) is 24. The number of allylic oxidation sites excluding steroid dienone is 4. The van der Waals surface area contributed by atoms with Crippen molar-refractivity contribution in [2.45, 2.75) is 504 Å². The topological polar surface area (TPSA) is 380 Å². The summed E-state index contributed by atoms with van der Waals surface area (Å²) < 4.78 is 73.3. The Labute approximate surface area is 704 Å². The van der Waals surface area contributed by atoms with Crippen LogP contribution in [0.1, 0.15) is 400 Å². The number of carbonyl (C=O) groups is 4. The Kier molecular flexibility index (Phi) is 64.9. The number of rotatable bonds is 76. The summed E-state index contributed by atoms with van der Waals surface area (Å²) in [6.45, 7) is 5.57. The van der Waals surface area contributed by atoms with E-state index in [9.17, 15) is 74.6 Å². The van der Waals surface area contributed by atoms with Gasteiger partial charge in [-0.15, -0.1) is 0 Å². The number of hydrogen-bond donors (Lipinski definition) is 10. The molecular formula is C91H167O25P. The van der Waals surface area contributed by atoms with Gasteiger partial charge in [-0.05, 0) is 77.0 Å². The number of carbonyl (C=O) groups excluding carboxylic acids is 4. The van der Waals surface area contributed by atoms with E-state index in [-0.39, 0.29) is 32.1 Å². The Hall–Kier alpha value is -3.05. The zero-order valence-corrected chi connectivity index (χ0v) is 73.9. The lowest BCUT2D eigenvalue weighted by molar-refractivity contribution is -0.360. The average molecular weight is 1690 g/mol. The number of unbranched alkanes of at least 4 members (excludes halogenated alkanes) is 48. The third-order valence-corrected chi connectivity index (χ3v) is 23.9. The Bertz CT molecular complexity index is 2530. The van der Waals surface area contributed by atoms with Crippen molar-refractivity contribution >= 4 is 31.7 Å². The van der Waals surface area contributed by atoms with Crippen molar-refractivity contribution < 1.29 is 122 Å². The Morgan fingerprint density at radius 2 is 0.641 bits per heavy atom. The first-order chi connectivity index (χ1) is 56.7. The summed E-state index contributed by atoms with van der Waals surface area (Å²) in [5.41, 5.74) is 0. The molecule has 1 saturated carbocycles. The quantitative estimate of drug-likeness (QED) is 0.00889. The van der Waals surface area contributed by atoms with Gasteiger partial charge in [0, 0.05) is 25.7 Å². The molecule has 25 nitrogen and oxygen atoms in total. The average Bonchev–Trinajstić information content (AvgIpc) is 0.755. The first kappa shape index (κ1) is 108. The molecule has 0 aromatic rings. The summed E-state index contributed by atoms with van der Waals surface area (Å²) in [6, 6.07) is 0. The fraction of sp³-hybridized carbons (Fsp3) is 0.912. The minimum atomic E-state index is -5.81. The van der Waals surface area contributed by atoms with E-state index in [1.54, 1.807) is 0 Å². The lowest BCUT2D eigenvalue weighted by Gasteiger charge is -2.50. The molecule has 3 fully saturated rings. The largest absolute Gasteiger partial charge is 0.472 e. The van der Waals surface area contributed by atoms with Gasteiger partial charge < -0.3 is 88.7 Å². The van der Waals surface area contributed by atoms with E-state index in [4.69, 9.17) is 46.9 Å². The fourth-order valence-corrected chi connectivity index (χ4v) is 16.4. The van der Waals surface area contributed by atoms with Crippen LogP contribution in [0.15, 0.2) is 24.3 Å². The highest BCUT2D eigenvalue weighted by atomic mass is 31.2. The normalized spacial score (nSPS) is 25.1. The molecule has 0 aromatic carbocycles. The van der Waals surface area contributed by atoms with E-state index in [1.165, 1.54) is 186 Å². The molecule has 1 aliphatic carbocycles. The second-order valence-corrected chi connectivity index (χ2v) is 34.9. The molecule has 0 radical (unpaired) electrons. The van der Waals surface area contributed by atoms with Gasteiger partial charge in [-0.1, -0.05) is 322 Å². The second-order valence-electron chi connectivity index (χ2n) is 33.5. The number of phosphoric acid groups is 1. The third-order valence-electron chi connectivity index (χ3n) is 22.9. The molecule has 0 aromatic heterocycles.